The SMILES string of the molecule is CCOC(=O)c1cnc(Nc2ccc(S(C)(=O)=O)c(OC)c2)nc1N.OCCc1ccccc1. The molecule has 3 rings (SSSR count). The highest BCUT2D eigenvalue weighted by Crippen LogP contribution is 2.28. The number of aromatic nitrogens is 2. The van der Waals surface area contributed by atoms with Crippen LogP contribution in [0.4, 0.5) is 17.5 Å². The number of rotatable bonds is 8. The normalized spacial score (nSPS) is 10.6. The van der Waals surface area contributed by atoms with Crippen LogP contribution in [0.25, 0.3) is 0 Å². The molecule has 182 valence electrons. The van der Waals surface area contributed by atoms with E-state index in [-0.39, 0.29) is 41.2 Å². The summed E-state index contributed by atoms with van der Waals surface area (Å²) in [4.78, 5) is 19.7. The topological polar surface area (TPSA) is 154 Å². The van der Waals surface area contributed by atoms with Crippen molar-refractivity contribution >= 4 is 33.3 Å². The zero-order chi connectivity index (χ0) is 25.1. The number of aliphatic hydroxyl groups is 1. The highest BCUT2D eigenvalue weighted by Gasteiger charge is 2.16. The summed E-state index contributed by atoms with van der Waals surface area (Å²) in [5.41, 5.74) is 7.50. The minimum Gasteiger partial charge on any atom is -0.495 e. The lowest BCUT2D eigenvalue weighted by Crippen LogP contribution is -2.11. The summed E-state index contributed by atoms with van der Waals surface area (Å²) in [5.74, 6) is -0.315. The molecule has 0 saturated carbocycles. The largest absolute Gasteiger partial charge is 0.495 e. The Hall–Kier alpha value is -3.70. The fraction of sp³-hybridized carbons (Fsp3) is 0.261. The van der Waals surface area contributed by atoms with Gasteiger partial charge in [0.2, 0.25) is 5.95 Å². The van der Waals surface area contributed by atoms with E-state index in [0.29, 0.717) is 5.69 Å². The van der Waals surface area contributed by atoms with E-state index < -0.39 is 15.8 Å². The first kappa shape index (κ1) is 26.6. The molecule has 0 aliphatic carbocycles. The molecule has 34 heavy (non-hydrogen) atoms. The van der Waals surface area contributed by atoms with E-state index in [1.54, 1.807) is 6.92 Å². The molecule has 0 spiro atoms. The van der Waals surface area contributed by atoms with E-state index in [2.05, 4.69) is 15.3 Å². The van der Waals surface area contributed by atoms with Crippen molar-refractivity contribution in [3.63, 3.8) is 0 Å². The van der Waals surface area contributed by atoms with Crippen molar-refractivity contribution in [3.8, 4) is 5.75 Å². The van der Waals surface area contributed by atoms with Crippen molar-refractivity contribution in [2.45, 2.75) is 18.2 Å². The molecule has 2 aromatic carbocycles. The van der Waals surface area contributed by atoms with Crippen LogP contribution in [0.2, 0.25) is 0 Å². The maximum absolute atomic E-state index is 11.7. The van der Waals surface area contributed by atoms with E-state index in [0.717, 1.165) is 12.7 Å². The molecule has 0 unspecified atom stereocenters. The molecular formula is C23H28N4O6S. The Morgan fingerprint density at radius 3 is 2.44 bits per heavy atom. The monoisotopic (exact) mass is 488 g/mol. The van der Waals surface area contributed by atoms with Gasteiger partial charge in [-0.15, -0.1) is 0 Å². The standard InChI is InChI=1S/C15H18N4O5S.C8H10O/c1-4-24-14(20)10-8-17-15(19-13(10)16)18-9-5-6-12(25(3,21)22)11(7-9)23-2;9-7-6-8-4-2-1-3-5-8/h5-8H,4H2,1-3H3,(H3,16,17,18,19);1-5,9H,6-7H2. The van der Waals surface area contributed by atoms with Gasteiger partial charge >= 0.3 is 5.97 Å². The molecule has 11 heteroatoms. The predicted molar refractivity (Wildman–Crippen MR) is 129 cm³/mol. The second kappa shape index (κ2) is 12.5. The van der Waals surface area contributed by atoms with Gasteiger partial charge in [0.15, 0.2) is 9.84 Å². The summed E-state index contributed by atoms with van der Waals surface area (Å²) < 4.78 is 33.3. The molecule has 0 aliphatic rings. The summed E-state index contributed by atoms with van der Waals surface area (Å²) in [5, 5.41) is 11.4. The van der Waals surface area contributed by atoms with Gasteiger partial charge in [0.05, 0.1) is 13.7 Å². The average molecular weight is 489 g/mol. The van der Waals surface area contributed by atoms with Crippen LogP contribution in [-0.4, -0.2) is 56.0 Å². The van der Waals surface area contributed by atoms with Gasteiger partial charge in [-0.1, -0.05) is 30.3 Å². The Morgan fingerprint density at radius 2 is 1.88 bits per heavy atom. The lowest BCUT2D eigenvalue weighted by molar-refractivity contribution is 0.0526. The Bertz CT molecular complexity index is 1200. The molecule has 0 radical (unpaired) electrons. The highest BCUT2D eigenvalue weighted by molar-refractivity contribution is 7.90. The van der Waals surface area contributed by atoms with Crippen LogP contribution in [0.5, 0.6) is 5.75 Å². The third-order valence-electron chi connectivity index (χ3n) is 4.38. The Morgan fingerprint density at radius 1 is 1.18 bits per heavy atom. The molecule has 0 atom stereocenters. The maximum atomic E-state index is 11.7. The molecule has 1 aromatic heterocycles. The van der Waals surface area contributed by atoms with Gasteiger partial charge in [-0.25, -0.2) is 18.2 Å². The van der Waals surface area contributed by atoms with E-state index in [1.807, 2.05) is 30.3 Å². The van der Waals surface area contributed by atoms with Crippen molar-refractivity contribution in [1.29, 1.82) is 0 Å². The number of carbonyl (C=O) groups is 1. The number of nitrogen functional groups attached to an aromatic ring is 1. The van der Waals surface area contributed by atoms with Crippen molar-refractivity contribution in [2.24, 2.45) is 0 Å². The van der Waals surface area contributed by atoms with Crippen LogP contribution < -0.4 is 15.8 Å². The van der Waals surface area contributed by atoms with Gasteiger partial charge in [-0.2, -0.15) is 4.98 Å². The molecule has 0 aliphatic heterocycles. The first-order valence-electron chi connectivity index (χ1n) is 10.3. The van der Waals surface area contributed by atoms with Crippen molar-refractivity contribution in [1.82, 2.24) is 9.97 Å². The van der Waals surface area contributed by atoms with E-state index in [9.17, 15) is 13.2 Å². The summed E-state index contributed by atoms with van der Waals surface area (Å²) >= 11 is 0. The second-order valence-electron chi connectivity index (χ2n) is 6.94. The molecule has 0 fully saturated rings. The summed E-state index contributed by atoms with van der Waals surface area (Å²) in [6.07, 6.45) is 3.11. The third-order valence-corrected chi connectivity index (χ3v) is 5.51. The third kappa shape index (κ3) is 7.71. The molecule has 3 aromatic rings. The smallest absolute Gasteiger partial charge is 0.343 e. The van der Waals surface area contributed by atoms with Crippen molar-refractivity contribution < 1.29 is 27.8 Å². The molecule has 1 heterocycles. The fourth-order valence-corrected chi connectivity index (χ4v) is 3.60. The number of benzene rings is 2. The predicted octanol–water partition coefficient (Wildman–Crippen LogP) is 2.61. The number of nitrogens with one attached hydrogen (secondary N) is 1. The van der Waals surface area contributed by atoms with Crippen LogP contribution >= 0.6 is 0 Å². The van der Waals surface area contributed by atoms with Gasteiger partial charge in [0.1, 0.15) is 22.0 Å². The molecule has 0 bridgehead atoms. The van der Waals surface area contributed by atoms with E-state index >= 15 is 0 Å². The summed E-state index contributed by atoms with van der Waals surface area (Å²) in [7, 11) is -2.05. The number of esters is 1. The fourth-order valence-electron chi connectivity index (χ4n) is 2.78. The number of hydrogen-bond donors (Lipinski definition) is 3. The van der Waals surface area contributed by atoms with Gasteiger partial charge < -0.3 is 25.6 Å². The lowest BCUT2D eigenvalue weighted by atomic mass is 10.2. The Labute approximate surface area is 198 Å². The van der Waals surface area contributed by atoms with Crippen molar-refractivity contribution in [3.05, 3.63) is 65.9 Å². The van der Waals surface area contributed by atoms with Crippen LogP contribution in [0.3, 0.4) is 0 Å². The zero-order valence-electron chi connectivity index (χ0n) is 19.2. The molecular weight excluding hydrogens is 460 g/mol. The van der Waals surface area contributed by atoms with Gasteiger partial charge in [-0.3, -0.25) is 0 Å². The maximum Gasteiger partial charge on any atom is 0.343 e. The number of nitrogens with two attached hydrogens (primary N) is 1. The number of nitrogens with zero attached hydrogens (tertiary/aromatic N) is 2. The number of aliphatic hydroxyl groups excluding tert-OH is 1. The summed E-state index contributed by atoms with van der Waals surface area (Å²) in [6.45, 7) is 2.13. The lowest BCUT2D eigenvalue weighted by Gasteiger charge is -2.11. The summed E-state index contributed by atoms with van der Waals surface area (Å²) in [6, 6.07) is 14.4. The minimum absolute atomic E-state index is 0.0318. The number of ether oxygens (including phenoxy) is 2. The quantitative estimate of drug-likeness (QED) is 0.403. The average Bonchev–Trinajstić information content (AvgIpc) is 2.80. The first-order chi connectivity index (χ1) is 16.2. The van der Waals surface area contributed by atoms with E-state index in [4.69, 9.17) is 20.3 Å². The number of anilines is 3. The number of methoxy groups -OCH3 is 1. The van der Waals surface area contributed by atoms with E-state index in [1.165, 1.54) is 37.1 Å². The number of sulfone groups is 1. The van der Waals surface area contributed by atoms with Gasteiger partial charge in [-0.05, 0) is 31.0 Å². The van der Waals surface area contributed by atoms with Crippen molar-refractivity contribution in [2.75, 3.05) is 37.6 Å². The van der Waals surface area contributed by atoms with Crippen LogP contribution in [0.15, 0.2) is 59.6 Å². The highest BCUT2D eigenvalue weighted by atomic mass is 32.2. The van der Waals surface area contributed by atoms with Crippen LogP contribution in [0, 0.1) is 0 Å². The molecule has 4 N–H and O–H groups in total. The number of hydrogen-bond acceptors (Lipinski definition) is 10. The Balaban J connectivity index is 0.000000379. The van der Waals surface area contributed by atoms with Crippen LogP contribution in [-0.2, 0) is 21.0 Å². The zero-order valence-corrected chi connectivity index (χ0v) is 20.0. The molecule has 0 amide bonds. The molecule has 0 saturated heterocycles. The first-order valence-corrected chi connectivity index (χ1v) is 12.2. The minimum atomic E-state index is -3.42. The Kier molecular flexibility index (Phi) is 9.77. The van der Waals surface area contributed by atoms with Gasteiger partial charge in [0, 0.05) is 30.8 Å². The van der Waals surface area contributed by atoms with Crippen LogP contribution in [0.1, 0.15) is 22.8 Å². The molecule has 10 nitrogen and oxygen atoms in total. The number of carbonyl (C=O) groups excluding carboxylic acids is 1. The second-order valence-corrected chi connectivity index (χ2v) is 8.92. The van der Waals surface area contributed by atoms with Gasteiger partial charge in [0.25, 0.3) is 0 Å².